The molecule has 0 radical (unpaired) electrons. The molecule has 0 aromatic heterocycles. The zero-order chi connectivity index (χ0) is 17.8. The van der Waals surface area contributed by atoms with Crippen LogP contribution < -0.4 is 4.90 Å². The summed E-state index contributed by atoms with van der Waals surface area (Å²) in [5.41, 5.74) is 2.29. The zero-order valence-corrected chi connectivity index (χ0v) is 13.6. The fourth-order valence-corrected chi connectivity index (χ4v) is 2.97. The number of benzene rings is 2. The molecule has 4 nitrogen and oxygen atoms in total. The van der Waals surface area contributed by atoms with E-state index in [2.05, 4.69) is 6.07 Å². The predicted molar refractivity (Wildman–Crippen MR) is 94.7 cm³/mol. The van der Waals surface area contributed by atoms with E-state index in [-0.39, 0.29) is 11.4 Å². The van der Waals surface area contributed by atoms with Gasteiger partial charge in [-0.15, -0.1) is 0 Å². The van der Waals surface area contributed by atoms with Crippen LogP contribution in [0.5, 0.6) is 0 Å². The van der Waals surface area contributed by atoms with Gasteiger partial charge in [0.05, 0.1) is 22.9 Å². The van der Waals surface area contributed by atoms with Crippen LogP contribution in [0.2, 0.25) is 0 Å². The van der Waals surface area contributed by atoms with E-state index in [0.717, 1.165) is 25.9 Å². The summed E-state index contributed by atoms with van der Waals surface area (Å²) in [5.74, 6) is -1.32. The standard InChI is InChI=1S/C20H17FN2O2/c21-18-12-14(3-8-19(18)23-9-1-2-10-23)11-17(13-22)15-4-6-16(7-5-15)20(24)25/h3-8,11-12H,1-2,9-10H2,(H,24,25). The number of aromatic carboxylic acids is 1. The Hall–Kier alpha value is -3.13. The molecule has 0 bridgehead atoms. The number of halogens is 1. The number of nitriles is 1. The number of nitrogens with zero attached hydrogens (tertiary/aromatic N) is 2. The van der Waals surface area contributed by atoms with Crippen molar-refractivity contribution >= 4 is 23.3 Å². The second kappa shape index (κ2) is 7.18. The first kappa shape index (κ1) is 16.7. The molecule has 5 heteroatoms. The molecule has 0 amide bonds. The van der Waals surface area contributed by atoms with E-state index in [4.69, 9.17) is 5.11 Å². The Kier molecular flexibility index (Phi) is 4.80. The first-order valence-corrected chi connectivity index (χ1v) is 8.08. The van der Waals surface area contributed by atoms with Crippen LogP contribution in [0.1, 0.15) is 34.3 Å². The SMILES string of the molecule is N#CC(=Cc1ccc(N2CCCC2)c(F)c1)c1ccc(C(=O)O)cc1. The van der Waals surface area contributed by atoms with Crippen molar-refractivity contribution in [2.75, 3.05) is 18.0 Å². The van der Waals surface area contributed by atoms with Gasteiger partial charge in [0.1, 0.15) is 5.82 Å². The summed E-state index contributed by atoms with van der Waals surface area (Å²) >= 11 is 0. The van der Waals surface area contributed by atoms with Crippen molar-refractivity contribution in [3.05, 3.63) is 65.0 Å². The Morgan fingerprint density at radius 2 is 1.76 bits per heavy atom. The number of anilines is 1. The lowest BCUT2D eigenvalue weighted by Crippen LogP contribution is -2.18. The molecule has 0 unspecified atom stereocenters. The molecule has 0 atom stereocenters. The highest BCUT2D eigenvalue weighted by molar-refractivity contribution is 5.92. The molecule has 126 valence electrons. The summed E-state index contributed by atoms with van der Waals surface area (Å²) in [6, 6.07) is 13.1. The van der Waals surface area contributed by atoms with E-state index >= 15 is 0 Å². The van der Waals surface area contributed by atoms with Crippen molar-refractivity contribution in [1.82, 2.24) is 0 Å². The van der Waals surface area contributed by atoms with Crippen molar-refractivity contribution in [2.24, 2.45) is 0 Å². The minimum Gasteiger partial charge on any atom is -0.478 e. The van der Waals surface area contributed by atoms with Gasteiger partial charge in [0, 0.05) is 13.1 Å². The molecule has 0 aliphatic carbocycles. The third-order valence-corrected chi connectivity index (χ3v) is 4.29. The second-order valence-corrected chi connectivity index (χ2v) is 5.96. The third kappa shape index (κ3) is 3.69. The highest BCUT2D eigenvalue weighted by Crippen LogP contribution is 2.26. The van der Waals surface area contributed by atoms with Crippen LogP contribution in [-0.2, 0) is 0 Å². The Morgan fingerprint density at radius 1 is 1.12 bits per heavy atom. The maximum absolute atomic E-state index is 14.4. The lowest BCUT2D eigenvalue weighted by atomic mass is 10.0. The summed E-state index contributed by atoms with van der Waals surface area (Å²) in [7, 11) is 0. The number of carboxylic acid groups (broad SMARTS) is 1. The predicted octanol–water partition coefficient (Wildman–Crippen LogP) is 4.19. The van der Waals surface area contributed by atoms with E-state index in [1.54, 1.807) is 30.3 Å². The lowest BCUT2D eigenvalue weighted by molar-refractivity contribution is 0.0697. The van der Waals surface area contributed by atoms with Crippen molar-refractivity contribution in [3.8, 4) is 6.07 Å². The van der Waals surface area contributed by atoms with Gasteiger partial charge in [-0.05, 0) is 54.3 Å². The molecule has 3 rings (SSSR count). The van der Waals surface area contributed by atoms with Gasteiger partial charge in [0.15, 0.2) is 0 Å². The largest absolute Gasteiger partial charge is 0.478 e. The molecule has 25 heavy (non-hydrogen) atoms. The van der Waals surface area contributed by atoms with Gasteiger partial charge in [0.25, 0.3) is 0 Å². The quantitative estimate of drug-likeness (QED) is 0.672. The topological polar surface area (TPSA) is 64.3 Å². The van der Waals surface area contributed by atoms with E-state index in [1.807, 2.05) is 4.90 Å². The van der Waals surface area contributed by atoms with Crippen LogP contribution in [-0.4, -0.2) is 24.2 Å². The van der Waals surface area contributed by atoms with E-state index in [0.29, 0.717) is 22.4 Å². The average Bonchev–Trinajstić information content (AvgIpc) is 3.14. The van der Waals surface area contributed by atoms with Gasteiger partial charge in [-0.25, -0.2) is 9.18 Å². The van der Waals surface area contributed by atoms with Crippen LogP contribution >= 0.6 is 0 Å². The van der Waals surface area contributed by atoms with Gasteiger partial charge in [0.2, 0.25) is 0 Å². The molecular weight excluding hydrogens is 319 g/mol. The molecule has 1 fully saturated rings. The van der Waals surface area contributed by atoms with Crippen LogP contribution in [0.25, 0.3) is 11.6 Å². The maximum Gasteiger partial charge on any atom is 0.335 e. The second-order valence-electron chi connectivity index (χ2n) is 5.96. The summed E-state index contributed by atoms with van der Waals surface area (Å²) in [6.07, 6.45) is 3.75. The first-order valence-electron chi connectivity index (χ1n) is 8.08. The summed E-state index contributed by atoms with van der Waals surface area (Å²) in [4.78, 5) is 12.9. The molecule has 1 heterocycles. The van der Waals surface area contributed by atoms with Gasteiger partial charge in [-0.1, -0.05) is 18.2 Å². The fraction of sp³-hybridized carbons (Fsp3) is 0.200. The number of hydrogen-bond donors (Lipinski definition) is 1. The maximum atomic E-state index is 14.4. The Bertz CT molecular complexity index is 860. The monoisotopic (exact) mass is 336 g/mol. The highest BCUT2D eigenvalue weighted by Gasteiger charge is 2.16. The molecule has 2 aromatic rings. The molecule has 2 aromatic carbocycles. The van der Waals surface area contributed by atoms with Crippen molar-refractivity contribution in [3.63, 3.8) is 0 Å². The number of hydrogen-bond acceptors (Lipinski definition) is 3. The van der Waals surface area contributed by atoms with Crippen molar-refractivity contribution in [1.29, 1.82) is 5.26 Å². The van der Waals surface area contributed by atoms with Crippen molar-refractivity contribution in [2.45, 2.75) is 12.8 Å². The average molecular weight is 336 g/mol. The van der Waals surface area contributed by atoms with Gasteiger partial charge >= 0.3 is 5.97 Å². The number of rotatable bonds is 4. The van der Waals surface area contributed by atoms with Crippen LogP contribution in [0, 0.1) is 17.1 Å². The van der Waals surface area contributed by atoms with Crippen LogP contribution in [0.15, 0.2) is 42.5 Å². The van der Waals surface area contributed by atoms with E-state index in [1.165, 1.54) is 18.2 Å². The van der Waals surface area contributed by atoms with Gasteiger partial charge in [-0.3, -0.25) is 0 Å². The summed E-state index contributed by atoms with van der Waals surface area (Å²) < 4.78 is 14.4. The molecular formula is C20H17FN2O2. The molecule has 1 aliphatic heterocycles. The first-order chi connectivity index (χ1) is 12.1. The molecule has 0 saturated carbocycles. The molecule has 1 N–H and O–H groups in total. The fourth-order valence-electron chi connectivity index (χ4n) is 2.97. The molecule has 1 aliphatic rings. The minimum atomic E-state index is -1.02. The lowest BCUT2D eigenvalue weighted by Gasteiger charge is -2.18. The van der Waals surface area contributed by atoms with Gasteiger partial charge in [-0.2, -0.15) is 5.26 Å². The van der Waals surface area contributed by atoms with Gasteiger partial charge < -0.3 is 10.0 Å². The molecule has 1 saturated heterocycles. The Morgan fingerprint density at radius 3 is 2.32 bits per heavy atom. The highest BCUT2D eigenvalue weighted by atomic mass is 19.1. The summed E-state index contributed by atoms with van der Waals surface area (Å²) in [6.45, 7) is 1.73. The third-order valence-electron chi connectivity index (χ3n) is 4.29. The normalized spacial score (nSPS) is 14.4. The number of allylic oxidation sites excluding steroid dienone is 1. The number of carbonyl (C=O) groups is 1. The molecule has 0 spiro atoms. The van der Waals surface area contributed by atoms with Crippen LogP contribution in [0.3, 0.4) is 0 Å². The Labute approximate surface area is 145 Å². The number of carboxylic acids is 1. The van der Waals surface area contributed by atoms with Crippen LogP contribution in [0.4, 0.5) is 10.1 Å². The zero-order valence-electron chi connectivity index (χ0n) is 13.6. The minimum absolute atomic E-state index is 0.155. The van der Waals surface area contributed by atoms with E-state index < -0.39 is 5.97 Å². The summed E-state index contributed by atoms with van der Waals surface area (Å²) in [5, 5.41) is 18.3. The van der Waals surface area contributed by atoms with E-state index in [9.17, 15) is 14.4 Å². The van der Waals surface area contributed by atoms with Crippen molar-refractivity contribution < 1.29 is 14.3 Å². The smallest absolute Gasteiger partial charge is 0.335 e. The Balaban J connectivity index is 1.88.